The molecule has 1 aromatic carbocycles. The third kappa shape index (κ3) is 4.00. The molecule has 5 heteroatoms. The topological polar surface area (TPSA) is 41.4 Å². The van der Waals surface area contributed by atoms with Crippen LogP contribution in [0.1, 0.15) is 55.7 Å². The van der Waals surface area contributed by atoms with E-state index in [2.05, 4.69) is 59.2 Å². The van der Waals surface area contributed by atoms with E-state index in [9.17, 15) is 4.79 Å². The lowest BCUT2D eigenvalue weighted by Gasteiger charge is -2.38. The monoisotopic (exact) mass is 380 g/mol. The van der Waals surface area contributed by atoms with E-state index in [0.717, 1.165) is 58.4 Å². The fourth-order valence-corrected chi connectivity index (χ4v) is 4.84. The van der Waals surface area contributed by atoms with E-state index in [1.165, 1.54) is 16.7 Å². The van der Waals surface area contributed by atoms with Gasteiger partial charge in [0, 0.05) is 49.9 Å². The first-order valence-electron chi connectivity index (χ1n) is 10.7. The zero-order valence-electron chi connectivity index (χ0n) is 17.2. The van der Waals surface area contributed by atoms with Crippen LogP contribution in [0.2, 0.25) is 0 Å². The fraction of sp³-hybridized carbons (Fsp3) is 0.565. The molecule has 1 aromatic heterocycles. The maximum atomic E-state index is 12.7. The molecule has 0 aliphatic carbocycles. The third-order valence-corrected chi connectivity index (χ3v) is 6.57. The highest BCUT2D eigenvalue weighted by molar-refractivity contribution is 5.79. The molecule has 1 amide bonds. The molecular weight excluding hydrogens is 348 g/mol. The van der Waals surface area contributed by atoms with Gasteiger partial charge in [-0.3, -0.25) is 14.4 Å². The SMILES string of the molecule is CCn1cc(CN2CCCC3(CCC(=O)N3Cc3ccc(C)cc3)CC2)cn1. The smallest absolute Gasteiger partial charge is 0.223 e. The number of amides is 1. The van der Waals surface area contributed by atoms with Gasteiger partial charge in [0.15, 0.2) is 0 Å². The second kappa shape index (κ2) is 8.08. The van der Waals surface area contributed by atoms with Crippen molar-refractivity contribution >= 4 is 5.91 Å². The molecule has 2 aliphatic rings. The number of hydrogen-bond donors (Lipinski definition) is 0. The van der Waals surface area contributed by atoms with Crippen LogP contribution >= 0.6 is 0 Å². The van der Waals surface area contributed by atoms with Crippen molar-refractivity contribution in [3.05, 3.63) is 53.3 Å². The van der Waals surface area contributed by atoms with Crippen molar-refractivity contribution < 1.29 is 4.79 Å². The van der Waals surface area contributed by atoms with Crippen LogP contribution in [0.3, 0.4) is 0 Å². The fourth-order valence-electron chi connectivity index (χ4n) is 4.84. The lowest BCUT2D eigenvalue weighted by Crippen LogP contribution is -2.45. The third-order valence-electron chi connectivity index (χ3n) is 6.57. The van der Waals surface area contributed by atoms with Crippen molar-refractivity contribution in [3.63, 3.8) is 0 Å². The van der Waals surface area contributed by atoms with E-state index in [4.69, 9.17) is 0 Å². The normalized spacial score (nSPS) is 23.5. The number of aryl methyl sites for hydroxylation is 2. The average Bonchev–Trinajstić information content (AvgIpc) is 3.20. The Bertz CT molecular complexity index is 812. The number of carbonyl (C=O) groups excluding carboxylic acids is 1. The zero-order chi connectivity index (χ0) is 19.6. The summed E-state index contributed by atoms with van der Waals surface area (Å²) in [5.74, 6) is 0.332. The summed E-state index contributed by atoms with van der Waals surface area (Å²) >= 11 is 0. The maximum absolute atomic E-state index is 12.7. The van der Waals surface area contributed by atoms with Gasteiger partial charge in [-0.25, -0.2) is 0 Å². The number of likely N-dealkylation sites (tertiary alicyclic amines) is 2. The van der Waals surface area contributed by atoms with Gasteiger partial charge < -0.3 is 4.90 Å². The van der Waals surface area contributed by atoms with Crippen molar-refractivity contribution in [2.45, 2.75) is 71.1 Å². The summed E-state index contributed by atoms with van der Waals surface area (Å²) in [5.41, 5.74) is 3.84. The van der Waals surface area contributed by atoms with Crippen LogP contribution in [0.15, 0.2) is 36.7 Å². The molecule has 2 aromatic rings. The first kappa shape index (κ1) is 19.2. The van der Waals surface area contributed by atoms with Crippen LogP contribution in [0, 0.1) is 6.92 Å². The predicted octanol–water partition coefficient (Wildman–Crippen LogP) is 3.76. The first-order valence-corrected chi connectivity index (χ1v) is 10.7. The Morgan fingerprint density at radius 1 is 1.04 bits per heavy atom. The van der Waals surface area contributed by atoms with E-state index in [1.54, 1.807) is 0 Å². The first-order chi connectivity index (χ1) is 13.6. The van der Waals surface area contributed by atoms with Gasteiger partial charge in [-0.05, 0) is 51.6 Å². The van der Waals surface area contributed by atoms with E-state index < -0.39 is 0 Å². The summed E-state index contributed by atoms with van der Waals surface area (Å²) in [6.07, 6.45) is 9.21. The summed E-state index contributed by atoms with van der Waals surface area (Å²) in [6, 6.07) is 8.63. The Labute approximate surface area is 168 Å². The molecule has 2 aliphatic heterocycles. The highest BCUT2D eigenvalue weighted by Gasteiger charge is 2.45. The molecule has 2 saturated heterocycles. The molecule has 0 N–H and O–H groups in total. The van der Waals surface area contributed by atoms with E-state index in [0.29, 0.717) is 12.3 Å². The Kier molecular flexibility index (Phi) is 5.54. The molecule has 0 bridgehead atoms. The van der Waals surface area contributed by atoms with Gasteiger partial charge in [-0.2, -0.15) is 5.10 Å². The summed E-state index contributed by atoms with van der Waals surface area (Å²) in [5, 5.41) is 4.41. The Balaban J connectivity index is 1.44. The molecule has 4 rings (SSSR count). The van der Waals surface area contributed by atoms with E-state index in [1.807, 2.05) is 10.9 Å². The lowest BCUT2D eigenvalue weighted by atomic mass is 9.87. The van der Waals surface area contributed by atoms with Gasteiger partial charge in [-0.15, -0.1) is 0 Å². The number of benzene rings is 1. The molecule has 28 heavy (non-hydrogen) atoms. The van der Waals surface area contributed by atoms with E-state index in [-0.39, 0.29) is 5.54 Å². The van der Waals surface area contributed by atoms with Gasteiger partial charge in [0.25, 0.3) is 0 Å². The largest absolute Gasteiger partial charge is 0.333 e. The Hall–Kier alpha value is -2.14. The molecule has 2 fully saturated rings. The van der Waals surface area contributed by atoms with Gasteiger partial charge in [0.1, 0.15) is 0 Å². The standard InChI is InChI=1S/C23H32N4O/c1-3-26-17-21(15-24-26)16-25-13-4-10-23(12-14-25)11-9-22(28)27(23)18-20-7-5-19(2)6-8-20/h5-8,15,17H,3-4,9-14,16,18H2,1-2H3. The average molecular weight is 381 g/mol. The number of rotatable bonds is 5. The molecule has 1 unspecified atom stereocenters. The molecular formula is C23H32N4O. The summed E-state index contributed by atoms with van der Waals surface area (Å²) in [7, 11) is 0. The van der Waals surface area contributed by atoms with Crippen LogP contribution in [0.5, 0.6) is 0 Å². The minimum absolute atomic E-state index is 0.0460. The number of nitrogens with zero attached hydrogens (tertiary/aromatic N) is 4. The molecule has 150 valence electrons. The summed E-state index contributed by atoms with van der Waals surface area (Å²) < 4.78 is 1.99. The molecule has 3 heterocycles. The van der Waals surface area contributed by atoms with E-state index >= 15 is 0 Å². The quantitative estimate of drug-likeness (QED) is 0.793. The van der Waals surface area contributed by atoms with Crippen molar-refractivity contribution in [1.29, 1.82) is 0 Å². The lowest BCUT2D eigenvalue weighted by molar-refractivity contribution is -0.132. The van der Waals surface area contributed by atoms with Gasteiger partial charge in [0.2, 0.25) is 5.91 Å². The maximum Gasteiger partial charge on any atom is 0.223 e. The highest BCUT2D eigenvalue weighted by Crippen LogP contribution is 2.40. The molecule has 5 nitrogen and oxygen atoms in total. The van der Waals surface area contributed by atoms with Crippen molar-refractivity contribution in [1.82, 2.24) is 19.6 Å². The minimum Gasteiger partial charge on any atom is -0.333 e. The van der Waals surface area contributed by atoms with Crippen LogP contribution in [-0.2, 0) is 24.4 Å². The van der Waals surface area contributed by atoms with Crippen molar-refractivity contribution in [2.75, 3.05) is 13.1 Å². The molecule has 0 saturated carbocycles. The second-order valence-electron chi connectivity index (χ2n) is 8.52. The highest BCUT2D eigenvalue weighted by atomic mass is 16.2. The molecule has 1 atom stereocenters. The van der Waals surface area contributed by atoms with Gasteiger partial charge in [0.05, 0.1) is 6.20 Å². The van der Waals surface area contributed by atoms with Crippen LogP contribution < -0.4 is 0 Å². The molecule has 0 radical (unpaired) electrons. The minimum atomic E-state index is 0.0460. The number of aromatic nitrogens is 2. The number of carbonyl (C=O) groups is 1. The second-order valence-corrected chi connectivity index (χ2v) is 8.52. The van der Waals surface area contributed by atoms with Crippen LogP contribution in [0.25, 0.3) is 0 Å². The van der Waals surface area contributed by atoms with Crippen LogP contribution in [-0.4, -0.2) is 44.1 Å². The molecule has 1 spiro atoms. The van der Waals surface area contributed by atoms with Gasteiger partial charge in [-0.1, -0.05) is 29.8 Å². The zero-order valence-corrected chi connectivity index (χ0v) is 17.2. The summed E-state index contributed by atoms with van der Waals surface area (Å²) in [4.78, 5) is 17.5. The predicted molar refractivity (Wildman–Crippen MR) is 111 cm³/mol. The van der Waals surface area contributed by atoms with Gasteiger partial charge >= 0.3 is 0 Å². The van der Waals surface area contributed by atoms with Crippen LogP contribution in [0.4, 0.5) is 0 Å². The number of hydrogen-bond acceptors (Lipinski definition) is 3. The Morgan fingerprint density at radius 3 is 2.61 bits per heavy atom. The van der Waals surface area contributed by atoms with Crippen molar-refractivity contribution in [2.24, 2.45) is 0 Å². The Morgan fingerprint density at radius 2 is 1.86 bits per heavy atom. The summed E-state index contributed by atoms with van der Waals surface area (Å²) in [6.45, 7) is 9.01. The van der Waals surface area contributed by atoms with Crippen molar-refractivity contribution in [3.8, 4) is 0 Å².